The van der Waals surface area contributed by atoms with Gasteiger partial charge in [-0.15, -0.1) is 11.3 Å². The van der Waals surface area contributed by atoms with Crippen LogP contribution in [0.15, 0.2) is 88.6 Å². The molecule has 0 radical (unpaired) electrons. The highest BCUT2D eigenvalue weighted by Crippen LogP contribution is 2.46. The number of rotatable bonds is 12. The highest BCUT2D eigenvalue weighted by Gasteiger charge is 2.29. The number of hydrogen-bond donors (Lipinski definition) is 0. The number of anilines is 1. The quantitative estimate of drug-likeness (QED) is 0.0965. The van der Waals surface area contributed by atoms with Gasteiger partial charge in [0, 0.05) is 29.1 Å². The number of carbonyl (C=O) groups excluding carboxylic acids is 2. The zero-order valence-electron chi connectivity index (χ0n) is 25.1. The molecular weight excluding hydrogens is 573 g/mol. The van der Waals surface area contributed by atoms with E-state index in [1.54, 1.807) is 64.9 Å². The maximum Gasteiger partial charge on any atom is 0.271 e. The molecule has 0 saturated heterocycles. The van der Waals surface area contributed by atoms with Crippen molar-refractivity contribution in [3.05, 3.63) is 115 Å². The minimum atomic E-state index is -0.378. The number of aryl methyl sites for hydroxylation is 1. The second-order valence-electron chi connectivity index (χ2n) is 10.8. The molecule has 3 aromatic carbocycles. The monoisotopic (exact) mass is 610 g/mol. The van der Waals surface area contributed by atoms with Gasteiger partial charge in [-0.2, -0.15) is 0 Å². The molecule has 1 aromatic heterocycles. The van der Waals surface area contributed by atoms with Crippen molar-refractivity contribution in [2.24, 2.45) is 0 Å². The van der Waals surface area contributed by atoms with E-state index in [9.17, 15) is 14.4 Å². The van der Waals surface area contributed by atoms with Crippen LogP contribution in [0.4, 0.5) is 5.69 Å². The van der Waals surface area contributed by atoms with E-state index in [1.165, 1.54) is 42.6 Å². The molecule has 4 aromatic rings. The summed E-state index contributed by atoms with van der Waals surface area (Å²) in [5, 5.41) is 0.885. The Kier molecular flexibility index (Phi) is 10.2. The van der Waals surface area contributed by atoms with E-state index in [4.69, 9.17) is 0 Å². The molecule has 5 nitrogen and oxygen atoms in total. The fourth-order valence-corrected chi connectivity index (χ4v) is 8.08. The minimum Gasteiger partial charge on any atom is -0.334 e. The van der Waals surface area contributed by atoms with E-state index in [0.717, 1.165) is 35.0 Å². The van der Waals surface area contributed by atoms with Crippen molar-refractivity contribution in [3.8, 4) is 0 Å². The molecule has 1 aliphatic heterocycles. The average Bonchev–Trinajstić information content (AvgIpc) is 3.55. The standard InChI is InChI=1S/C36H38N2O3S2/c1-4-6-7-8-9-16-23-38-28-22-21-25(3)24-29(28)42-36(38)33-34(41)37(5-2)35(43-33)30(31(39)26-17-12-10-13-18-26)32(40)27-19-14-11-15-20-27/h10-15,17-22,24H,4-9,16,23H2,1-3H3/b36-33+. The van der Waals surface area contributed by atoms with Crippen molar-refractivity contribution in [2.45, 2.75) is 70.7 Å². The second-order valence-corrected chi connectivity index (χ2v) is 12.9. The van der Waals surface area contributed by atoms with Gasteiger partial charge in [0.05, 0.1) is 5.69 Å². The third kappa shape index (κ3) is 6.63. The molecule has 43 heavy (non-hydrogen) atoms. The third-order valence-corrected chi connectivity index (χ3v) is 10.2. The first kappa shape index (κ1) is 30.8. The van der Waals surface area contributed by atoms with Gasteiger partial charge in [0.15, 0.2) is 11.6 Å². The first-order valence-corrected chi connectivity index (χ1v) is 16.8. The lowest BCUT2D eigenvalue weighted by molar-refractivity contribution is 0.0996. The van der Waals surface area contributed by atoms with Crippen molar-refractivity contribution in [2.75, 3.05) is 11.4 Å². The average molecular weight is 611 g/mol. The highest BCUT2D eigenvalue weighted by atomic mass is 32.2. The van der Waals surface area contributed by atoms with Crippen molar-refractivity contribution >= 4 is 51.0 Å². The normalized spacial score (nSPS) is 13.7. The first-order chi connectivity index (χ1) is 20.9. The zero-order valence-corrected chi connectivity index (χ0v) is 26.7. The molecule has 0 fully saturated rings. The van der Waals surface area contributed by atoms with Crippen LogP contribution in [-0.4, -0.2) is 22.7 Å². The Morgan fingerprint density at radius 3 is 1.98 bits per heavy atom. The van der Waals surface area contributed by atoms with Gasteiger partial charge in [0.1, 0.15) is 19.8 Å². The Bertz CT molecular complexity index is 1740. The van der Waals surface area contributed by atoms with E-state index in [-0.39, 0.29) is 22.7 Å². The number of carbonyl (C=O) groups is 2. The van der Waals surface area contributed by atoms with Crippen LogP contribution >= 0.6 is 23.1 Å². The molecule has 7 heteroatoms. The number of unbranched alkanes of at least 4 members (excludes halogenated alkanes) is 5. The summed E-state index contributed by atoms with van der Waals surface area (Å²) in [4.78, 5) is 45.5. The Morgan fingerprint density at radius 2 is 1.37 bits per heavy atom. The maximum absolute atomic E-state index is 14.1. The van der Waals surface area contributed by atoms with Crippen LogP contribution < -0.4 is 19.7 Å². The summed E-state index contributed by atoms with van der Waals surface area (Å²) in [6, 6.07) is 24.1. The molecule has 0 spiro atoms. The smallest absolute Gasteiger partial charge is 0.271 e. The van der Waals surface area contributed by atoms with Crippen LogP contribution in [0.1, 0.15) is 78.7 Å². The molecule has 0 aliphatic carbocycles. The van der Waals surface area contributed by atoms with Crippen LogP contribution in [0.2, 0.25) is 0 Å². The van der Waals surface area contributed by atoms with Gasteiger partial charge in [-0.3, -0.25) is 19.0 Å². The van der Waals surface area contributed by atoms with Crippen molar-refractivity contribution < 1.29 is 9.59 Å². The number of nitrogens with zero attached hydrogens (tertiary/aromatic N) is 2. The largest absolute Gasteiger partial charge is 0.334 e. The highest BCUT2D eigenvalue weighted by molar-refractivity contribution is 8.08. The molecule has 0 atom stereocenters. The Hall–Kier alpha value is -3.68. The predicted molar refractivity (Wildman–Crippen MR) is 180 cm³/mol. The summed E-state index contributed by atoms with van der Waals surface area (Å²) in [5.41, 5.74) is 2.99. The van der Waals surface area contributed by atoms with Gasteiger partial charge in [-0.25, -0.2) is 0 Å². The molecule has 5 rings (SSSR count). The lowest BCUT2D eigenvalue weighted by Gasteiger charge is -2.20. The fourth-order valence-electron chi connectivity index (χ4n) is 5.42. The summed E-state index contributed by atoms with van der Waals surface area (Å²) in [7, 11) is 0. The van der Waals surface area contributed by atoms with Crippen LogP contribution in [0.25, 0.3) is 10.6 Å². The molecule has 0 saturated carbocycles. The van der Waals surface area contributed by atoms with Crippen LogP contribution in [0.5, 0.6) is 0 Å². The fraction of sp³-hybridized carbons (Fsp3) is 0.306. The summed E-state index contributed by atoms with van der Waals surface area (Å²) >= 11 is 2.88. The summed E-state index contributed by atoms with van der Waals surface area (Å²) < 4.78 is 2.58. The molecule has 1 aliphatic rings. The SMILES string of the molecule is CCCCCCCCN1/C(=c2\sc(=C(C(=O)c3ccccc3)C(=O)c3ccccc3)n(CC)c2=O)Sc2cc(C)ccc21. The van der Waals surface area contributed by atoms with Gasteiger partial charge in [0.25, 0.3) is 5.56 Å². The number of benzene rings is 3. The molecule has 0 unspecified atom stereocenters. The number of hydrogen-bond acceptors (Lipinski definition) is 6. The molecule has 0 N–H and O–H groups in total. The molecule has 0 amide bonds. The predicted octanol–water partition coefficient (Wildman–Crippen LogP) is 7.19. The number of Topliss-reactive ketones (excluding diaryl/α,β-unsaturated/α-hetero) is 2. The van der Waals surface area contributed by atoms with E-state index >= 15 is 0 Å². The van der Waals surface area contributed by atoms with Gasteiger partial charge >= 0.3 is 0 Å². The van der Waals surface area contributed by atoms with E-state index in [1.807, 2.05) is 19.1 Å². The first-order valence-electron chi connectivity index (χ1n) is 15.2. The number of aromatic nitrogens is 1. The molecular formula is C36H38N2O3S2. The number of thioether (sulfide) groups is 1. The van der Waals surface area contributed by atoms with Gasteiger partial charge in [-0.1, -0.05) is 118 Å². The minimum absolute atomic E-state index is 0.0343. The molecule has 222 valence electrons. The second kappa shape index (κ2) is 14.2. The lowest BCUT2D eigenvalue weighted by atomic mass is 9.96. The summed E-state index contributed by atoms with van der Waals surface area (Å²) in [6.45, 7) is 7.35. The van der Waals surface area contributed by atoms with Gasteiger partial charge in [-0.05, 0) is 38.0 Å². The zero-order chi connectivity index (χ0) is 30.3. The van der Waals surface area contributed by atoms with Gasteiger partial charge in [0.2, 0.25) is 0 Å². The topological polar surface area (TPSA) is 59.4 Å². The lowest BCUT2D eigenvalue weighted by Crippen LogP contribution is -2.36. The molecule has 0 bridgehead atoms. The van der Waals surface area contributed by atoms with Gasteiger partial charge < -0.3 is 4.90 Å². The van der Waals surface area contributed by atoms with Crippen LogP contribution in [0.3, 0.4) is 0 Å². The maximum atomic E-state index is 14.1. The van der Waals surface area contributed by atoms with Crippen LogP contribution in [0, 0.1) is 6.92 Å². The summed E-state index contributed by atoms with van der Waals surface area (Å²) in [6.07, 6.45) is 7.10. The molecule has 2 heterocycles. The Labute approximate surface area is 261 Å². The Morgan fingerprint density at radius 1 is 0.767 bits per heavy atom. The van der Waals surface area contributed by atoms with Crippen molar-refractivity contribution in [1.29, 1.82) is 0 Å². The summed E-state index contributed by atoms with van der Waals surface area (Å²) in [5.74, 6) is -0.757. The Balaban J connectivity index is 1.70. The number of fused-ring (bicyclic) bond motifs is 1. The van der Waals surface area contributed by atoms with Crippen molar-refractivity contribution in [1.82, 2.24) is 4.57 Å². The number of thiazole rings is 1. The van der Waals surface area contributed by atoms with E-state index < -0.39 is 0 Å². The third-order valence-electron chi connectivity index (χ3n) is 7.73. The van der Waals surface area contributed by atoms with Crippen molar-refractivity contribution in [3.63, 3.8) is 0 Å². The number of ketones is 2. The van der Waals surface area contributed by atoms with E-state index in [2.05, 4.69) is 36.9 Å². The van der Waals surface area contributed by atoms with E-state index in [0.29, 0.717) is 26.9 Å². The van der Waals surface area contributed by atoms with Crippen LogP contribution in [-0.2, 0) is 6.54 Å².